The minimum absolute atomic E-state index is 0.305. The van der Waals surface area contributed by atoms with E-state index in [9.17, 15) is 5.11 Å². The Labute approximate surface area is 221 Å². The number of hydrogen-bond acceptors (Lipinski definition) is 4. The van der Waals surface area contributed by atoms with Crippen molar-refractivity contribution < 1.29 is 14.9 Å². The van der Waals surface area contributed by atoms with E-state index in [-0.39, 0.29) is 0 Å². The summed E-state index contributed by atoms with van der Waals surface area (Å²) in [5.74, 6) is 1.07. The van der Waals surface area contributed by atoms with Gasteiger partial charge in [-0.25, -0.2) is 0 Å². The molecule has 0 radical (unpaired) electrons. The summed E-state index contributed by atoms with van der Waals surface area (Å²) in [7, 11) is 3.25. The second-order valence-electron chi connectivity index (χ2n) is 8.81. The van der Waals surface area contributed by atoms with Crippen LogP contribution in [-0.4, -0.2) is 55.6 Å². The van der Waals surface area contributed by atoms with Crippen molar-refractivity contribution in [2.75, 3.05) is 40.5 Å². The standard InChI is InChI=1S/C22H26O.C6H13NO.C2H6O.C2H6/c1-5-10-18(6-2)21-14-13-20(15-16(3)23)17(4)22(21)19-11-8-7-9-12-19;8-6-5-7-3-1-2-4-7;1-3-2;1-2/h5-12,15,21-23H,1-2,13-14H2,3-4H3;8H,1-6H2;1-2H3;1-2H3/b16-15+,18-10+;;;/t21-,22+;;;/m1.../s1. The van der Waals surface area contributed by atoms with Crippen molar-refractivity contribution in [3.8, 4) is 0 Å². The molecule has 3 rings (SSSR count). The summed E-state index contributed by atoms with van der Waals surface area (Å²) < 4.78 is 4.25. The molecule has 1 heterocycles. The number of hydrogen-bond donors (Lipinski definition) is 2. The summed E-state index contributed by atoms with van der Waals surface area (Å²) in [5, 5.41) is 18.2. The van der Waals surface area contributed by atoms with Gasteiger partial charge in [-0.3, -0.25) is 0 Å². The molecule has 1 aromatic rings. The van der Waals surface area contributed by atoms with Crippen LogP contribution in [0.5, 0.6) is 0 Å². The molecule has 2 atom stereocenters. The number of likely N-dealkylation sites (tertiary alicyclic amines) is 1. The summed E-state index contributed by atoms with van der Waals surface area (Å²) >= 11 is 0. The van der Waals surface area contributed by atoms with Crippen molar-refractivity contribution in [2.45, 2.75) is 59.3 Å². The number of β-amino-alcohol motifs (C(OH)–C–C–N with tert-alkyl or cyclic N) is 1. The molecule has 1 aliphatic heterocycles. The first-order valence-electron chi connectivity index (χ1n) is 13.2. The molecule has 4 heteroatoms. The molecule has 1 aliphatic carbocycles. The maximum atomic E-state index is 9.67. The van der Waals surface area contributed by atoms with Crippen LogP contribution in [0.25, 0.3) is 0 Å². The second kappa shape index (κ2) is 20.8. The molecule has 0 spiro atoms. The fourth-order valence-electron chi connectivity index (χ4n) is 4.74. The van der Waals surface area contributed by atoms with Gasteiger partial charge in [-0.2, -0.15) is 0 Å². The van der Waals surface area contributed by atoms with Crippen LogP contribution in [0, 0.1) is 5.92 Å². The Bertz CT molecular complexity index is 813. The van der Waals surface area contributed by atoms with E-state index >= 15 is 0 Å². The van der Waals surface area contributed by atoms with E-state index < -0.39 is 0 Å². The SMILES string of the molecule is C=C/C=C(\C=C)[C@H]1CCC(/C=C(\C)O)=C(C)[C@H]1c1ccccc1.CC.COC.OCCN1CCCC1. The molecule has 0 bridgehead atoms. The molecule has 0 saturated carbocycles. The molecule has 1 fully saturated rings. The van der Waals surface area contributed by atoms with Gasteiger partial charge in [0.25, 0.3) is 0 Å². The zero-order valence-corrected chi connectivity index (χ0v) is 23.7. The Balaban J connectivity index is 0.000000778. The molecule has 0 amide bonds. The van der Waals surface area contributed by atoms with Crippen LogP contribution in [0.4, 0.5) is 0 Å². The molecule has 4 nitrogen and oxygen atoms in total. The number of aliphatic hydroxyl groups excluding tert-OH is 2. The van der Waals surface area contributed by atoms with Gasteiger partial charge in [0.05, 0.1) is 12.4 Å². The summed E-state index contributed by atoms with van der Waals surface area (Å²) in [6.45, 7) is 19.3. The normalized spacial score (nSPS) is 20.2. The van der Waals surface area contributed by atoms with E-state index in [1.54, 1.807) is 21.1 Å². The third kappa shape index (κ3) is 12.0. The van der Waals surface area contributed by atoms with E-state index in [1.807, 2.05) is 38.1 Å². The lowest BCUT2D eigenvalue weighted by atomic mass is 9.69. The number of ether oxygens (including phenoxy) is 1. The first kappa shape index (κ1) is 33.6. The minimum atomic E-state index is 0.305. The molecule has 1 aromatic carbocycles. The van der Waals surface area contributed by atoms with Crippen LogP contribution >= 0.6 is 0 Å². The lowest BCUT2D eigenvalue weighted by molar-refractivity contribution is 0.221. The third-order valence-electron chi connectivity index (χ3n) is 6.23. The number of aliphatic hydroxyl groups is 2. The van der Waals surface area contributed by atoms with Crippen LogP contribution in [0.3, 0.4) is 0 Å². The monoisotopic (exact) mass is 497 g/mol. The van der Waals surface area contributed by atoms with Gasteiger partial charge in [0, 0.05) is 26.7 Å². The Morgan fingerprint density at radius 2 is 1.69 bits per heavy atom. The number of nitrogens with zero attached hydrogens (tertiary/aromatic N) is 1. The smallest absolute Gasteiger partial charge is 0.0894 e. The molecule has 36 heavy (non-hydrogen) atoms. The molecule has 2 N–H and O–H groups in total. The van der Waals surface area contributed by atoms with E-state index in [1.165, 1.54) is 48.2 Å². The van der Waals surface area contributed by atoms with Crippen LogP contribution in [0.1, 0.15) is 64.9 Å². The van der Waals surface area contributed by atoms with Gasteiger partial charge in [-0.15, -0.1) is 0 Å². The van der Waals surface area contributed by atoms with Crippen molar-refractivity contribution in [3.63, 3.8) is 0 Å². The van der Waals surface area contributed by atoms with E-state index in [0.717, 1.165) is 19.4 Å². The fraction of sp³-hybridized carbons (Fsp3) is 0.500. The van der Waals surface area contributed by atoms with Crippen LogP contribution in [-0.2, 0) is 4.74 Å². The van der Waals surface area contributed by atoms with Gasteiger partial charge < -0.3 is 19.8 Å². The Morgan fingerprint density at radius 1 is 1.11 bits per heavy atom. The fourth-order valence-corrected chi connectivity index (χ4v) is 4.74. The predicted octanol–water partition coefficient (Wildman–Crippen LogP) is 7.62. The van der Waals surface area contributed by atoms with Crippen LogP contribution in [0.15, 0.2) is 90.3 Å². The second-order valence-corrected chi connectivity index (χ2v) is 8.81. The number of benzene rings is 1. The zero-order valence-electron chi connectivity index (χ0n) is 23.7. The first-order chi connectivity index (χ1) is 17.4. The Hall–Kier alpha value is -2.40. The lowest BCUT2D eigenvalue weighted by Crippen LogP contribution is -2.22. The van der Waals surface area contributed by atoms with Gasteiger partial charge in [-0.05, 0) is 81.3 Å². The molecule has 0 aromatic heterocycles. The Morgan fingerprint density at radius 3 is 2.17 bits per heavy atom. The highest BCUT2D eigenvalue weighted by Gasteiger charge is 2.31. The van der Waals surface area contributed by atoms with Gasteiger partial charge in [0.15, 0.2) is 0 Å². The topological polar surface area (TPSA) is 52.9 Å². The van der Waals surface area contributed by atoms with Gasteiger partial charge in [-0.1, -0.05) is 81.1 Å². The van der Waals surface area contributed by atoms with Crippen LogP contribution in [0.2, 0.25) is 0 Å². The van der Waals surface area contributed by atoms with Gasteiger partial charge in [0.2, 0.25) is 0 Å². The third-order valence-corrected chi connectivity index (χ3v) is 6.23. The lowest BCUT2D eigenvalue weighted by Gasteiger charge is -2.35. The molecule has 202 valence electrons. The van der Waals surface area contributed by atoms with Gasteiger partial charge >= 0.3 is 0 Å². The van der Waals surface area contributed by atoms with Crippen molar-refractivity contribution in [1.29, 1.82) is 0 Å². The summed E-state index contributed by atoms with van der Waals surface area (Å²) in [4.78, 5) is 2.29. The van der Waals surface area contributed by atoms with Crippen molar-refractivity contribution >= 4 is 0 Å². The maximum absolute atomic E-state index is 9.67. The summed E-state index contributed by atoms with van der Waals surface area (Å²) in [6.07, 6.45) is 12.4. The highest BCUT2D eigenvalue weighted by atomic mass is 16.4. The number of methoxy groups -OCH3 is 1. The van der Waals surface area contributed by atoms with Crippen molar-refractivity contribution in [1.82, 2.24) is 4.90 Å². The molecule has 2 aliphatic rings. The minimum Gasteiger partial charge on any atom is -0.513 e. The van der Waals surface area contributed by atoms with Crippen molar-refractivity contribution in [3.05, 3.63) is 95.8 Å². The highest BCUT2D eigenvalue weighted by molar-refractivity contribution is 5.43. The van der Waals surface area contributed by atoms with Crippen molar-refractivity contribution in [2.24, 2.45) is 5.92 Å². The van der Waals surface area contributed by atoms with Gasteiger partial charge in [0.1, 0.15) is 0 Å². The largest absolute Gasteiger partial charge is 0.513 e. The maximum Gasteiger partial charge on any atom is 0.0894 e. The first-order valence-corrected chi connectivity index (χ1v) is 13.2. The molecule has 1 saturated heterocycles. The summed E-state index contributed by atoms with van der Waals surface area (Å²) in [5.41, 5.74) is 5.12. The van der Waals surface area contributed by atoms with E-state index in [2.05, 4.69) is 60.1 Å². The van der Waals surface area contributed by atoms with E-state index in [0.29, 0.717) is 24.2 Å². The summed E-state index contributed by atoms with van der Waals surface area (Å²) in [6, 6.07) is 10.6. The molecular formula is C32H51NO3. The Kier molecular flexibility index (Phi) is 19.4. The number of rotatable bonds is 7. The van der Waals surface area contributed by atoms with Crippen LogP contribution < -0.4 is 0 Å². The average Bonchev–Trinajstić information content (AvgIpc) is 3.40. The highest BCUT2D eigenvalue weighted by Crippen LogP contribution is 2.45. The quantitative estimate of drug-likeness (QED) is 0.300. The molecular weight excluding hydrogens is 446 g/mol. The predicted molar refractivity (Wildman–Crippen MR) is 157 cm³/mol. The number of allylic oxidation sites excluding steroid dienone is 8. The average molecular weight is 498 g/mol. The van der Waals surface area contributed by atoms with E-state index in [4.69, 9.17) is 5.11 Å². The molecule has 0 unspecified atom stereocenters. The zero-order chi connectivity index (χ0) is 27.3.